The third kappa shape index (κ3) is 2.39. The van der Waals surface area contributed by atoms with Gasteiger partial charge in [-0.05, 0) is 48.6 Å². The molecular formula is C16H18BrN3. The molecule has 0 amide bonds. The first kappa shape index (κ1) is 13.7. The zero-order chi connectivity index (χ0) is 14.1. The number of benzene rings is 1. The van der Waals surface area contributed by atoms with Crippen LogP contribution >= 0.6 is 15.9 Å². The van der Waals surface area contributed by atoms with Gasteiger partial charge in [-0.1, -0.05) is 34.1 Å². The Balaban J connectivity index is 1.97. The van der Waals surface area contributed by atoms with E-state index in [4.69, 9.17) is 5.84 Å². The summed E-state index contributed by atoms with van der Waals surface area (Å²) in [7, 11) is 0. The van der Waals surface area contributed by atoms with E-state index < -0.39 is 0 Å². The molecule has 3 rings (SSSR count). The van der Waals surface area contributed by atoms with Crippen molar-refractivity contribution in [2.75, 3.05) is 0 Å². The molecule has 2 atom stereocenters. The summed E-state index contributed by atoms with van der Waals surface area (Å²) in [4.78, 5) is 4.57. The average molecular weight is 332 g/mol. The number of nitrogens with zero attached hydrogens (tertiary/aromatic N) is 1. The Labute approximate surface area is 127 Å². The number of rotatable bonds is 3. The van der Waals surface area contributed by atoms with Gasteiger partial charge in [-0.25, -0.2) is 0 Å². The highest BCUT2D eigenvalue weighted by molar-refractivity contribution is 9.10. The Morgan fingerprint density at radius 3 is 3.00 bits per heavy atom. The molecule has 0 saturated heterocycles. The van der Waals surface area contributed by atoms with E-state index in [1.54, 1.807) is 0 Å². The third-order valence-corrected chi connectivity index (χ3v) is 4.99. The maximum atomic E-state index is 5.84. The first-order valence-corrected chi connectivity index (χ1v) is 7.66. The van der Waals surface area contributed by atoms with Gasteiger partial charge in [0.1, 0.15) is 0 Å². The molecule has 0 radical (unpaired) electrons. The van der Waals surface area contributed by atoms with Gasteiger partial charge in [-0.3, -0.25) is 16.3 Å². The fourth-order valence-electron chi connectivity index (χ4n) is 3.02. The minimum atomic E-state index is 0.100. The highest BCUT2D eigenvalue weighted by Gasteiger charge is 2.31. The second-order valence-corrected chi connectivity index (χ2v) is 6.20. The molecule has 2 aromatic rings. The summed E-state index contributed by atoms with van der Waals surface area (Å²) in [6.07, 6.45) is 4.04. The lowest BCUT2D eigenvalue weighted by atomic mass is 9.91. The van der Waals surface area contributed by atoms with Crippen molar-refractivity contribution in [3.8, 4) is 0 Å². The van der Waals surface area contributed by atoms with Crippen LogP contribution in [0.3, 0.4) is 0 Å². The number of aryl methyl sites for hydroxylation is 2. The van der Waals surface area contributed by atoms with Gasteiger partial charge in [0.15, 0.2) is 0 Å². The monoisotopic (exact) mass is 331 g/mol. The van der Waals surface area contributed by atoms with Crippen molar-refractivity contribution in [1.82, 2.24) is 10.4 Å². The van der Waals surface area contributed by atoms with Gasteiger partial charge in [-0.15, -0.1) is 0 Å². The van der Waals surface area contributed by atoms with Gasteiger partial charge in [0.05, 0.1) is 6.04 Å². The number of halogens is 1. The second kappa shape index (κ2) is 5.64. The van der Waals surface area contributed by atoms with E-state index in [1.807, 2.05) is 12.3 Å². The normalized spacial score (nSPS) is 18.9. The van der Waals surface area contributed by atoms with Crippen LogP contribution in [0.5, 0.6) is 0 Å². The van der Waals surface area contributed by atoms with Gasteiger partial charge in [0.25, 0.3) is 0 Å². The number of nitrogens with two attached hydrogens (primary N) is 1. The molecule has 0 bridgehead atoms. The van der Waals surface area contributed by atoms with Crippen LogP contribution in [0.25, 0.3) is 0 Å². The molecule has 0 spiro atoms. The molecule has 3 nitrogen and oxygen atoms in total. The fourth-order valence-corrected chi connectivity index (χ4v) is 3.41. The summed E-state index contributed by atoms with van der Waals surface area (Å²) in [5, 5.41) is 0. The molecule has 0 saturated carbocycles. The Kier molecular flexibility index (Phi) is 3.87. The van der Waals surface area contributed by atoms with E-state index in [-0.39, 0.29) is 6.04 Å². The summed E-state index contributed by atoms with van der Waals surface area (Å²) in [5.74, 6) is 6.18. The highest BCUT2D eigenvalue weighted by atomic mass is 79.9. The molecule has 20 heavy (non-hydrogen) atoms. The van der Waals surface area contributed by atoms with Crippen LogP contribution in [0.4, 0.5) is 0 Å². The smallest absolute Gasteiger partial charge is 0.0544 e. The Hall–Kier alpha value is -1.23. The largest absolute Gasteiger partial charge is 0.271 e. The summed E-state index contributed by atoms with van der Waals surface area (Å²) < 4.78 is 1.12. The van der Waals surface area contributed by atoms with Crippen molar-refractivity contribution in [2.24, 2.45) is 5.84 Å². The molecule has 3 N–H and O–H groups in total. The van der Waals surface area contributed by atoms with Gasteiger partial charge >= 0.3 is 0 Å². The van der Waals surface area contributed by atoms with Crippen molar-refractivity contribution >= 4 is 15.9 Å². The SMILES string of the molecule is Cc1ccc(C(NN)C2CCc3cccnc32)cc1Br. The lowest BCUT2D eigenvalue weighted by molar-refractivity contribution is 0.447. The standard InChI is InChI=1S/C16H18BrN3/c1-10-4-5-12(9-14(10)17)16(20-18)13-7-6-11-3-2-8-19-15(11)13/h2-5,8-9,13,16,20H,6-7,18H2,1H3. The predicted molar refractivity (Wildman–Crippen MR) is 84.2 cm³/mol. The molecule has 0 fully saturated rings. The predicted octanol–water partition coefficient (Wildman–Crippen LogP) is 3.39. The Morgan fingerprint density at radius 1 is 1.40 bits per heavy atom. The molecular weight excluding hydrogens is 314 g/mol. The molecule has 4 heteroatoms. The van der Waals surface area contributed by atoms with Crippen molar-refractivity contribution in [1.29, 1.82) is 0 Å². The average Bonchev–Trinajstić information content (AvgIpc) is 2.88. The van der Waals surface area contributed by atoms with Crippen LogP contribution in [-0.2, 0) is 6.42 Å². The number of nitrogens with one attached hydrogen (secondary N) is 1. The third-order valence-electron chi connectivity index (χ3n) is 4.14. The molecule has 1 aliphatic carbocycles. The van der Waals surface area contributed by atoms with Crippen LogP contribution in [0.1, 0.15) is 40.8 Å². The van der Waals surface area contributed by atoms with E-state index >= 15 is 0 Å². The highest BCUT2D eigenvalue weighted by Crippen LogP contribution is 2.40. The molecule has 1 aromatic carbocycles. The lowest BCUT2D eigenvalue weighted by Crippen LogP contribution is -2.32. The van der Waals surface area contributed by atoms with Gasteiger partial charge in [0.2, 0.25) is 0 Å². The number of aromatic nitrogens is 1. The van der Waals surface area contributed by atoms with Crippen LogP contribution in [0.15, 0.2) is 41.0 Å². The van der Waals surface area contributed by atoms with Crippen LogP contribution in [0, 0.1) is 6.92 Å². The second-order valence-electron chi connectivity index (χ2n) is 5.35. The summed E-state index contributed by atoms with van der Waals surface area (Å²) in [6, 6.07) is 10.7. The molecule has 1 aliphatic rings. The topological polar surface area (TPSA) is 50.9 Å². The molecule has 104 valence electrons. The Morgan fingerprint density at radius 2 is 2.25 bits per heavy atom. The van der Waals surface area contributed by atoms with Crippen molar-refractivity contribution in [3.63, 3.8) is 0 Å². The first-order valence-electron chi connectivity index (χ1n) is 6.86. The summed E-state index contributed by atoms with van der Waals surface area (Å²) in [5.41, 5.74) is 7.96. The van der Waals surface area contributed by atoms with E-state index in [0.29, 0.717) is 5.92 Å². The number of fused-ring (bicyclic) bond motifs is 1. The zero-order valence-corrected chi connectivity index (χ0v) is 13.0. The quantitative estimate of drug-likeness (QED) is 0.669. The molecule has 1 aromatic heterocycles. The van der Waals surface area contributed by atoms with Crippen molar-refractivity contribution in [2.45, 2.75) is 31.7 Å². The van der Waals surface area contributed by atoms with E-state index in [9.17, 15) is 0 Å². The zero-order valence-electron chi connectivity index (χ0n) is 11.4. The van der Waals surface area contributed by atoms with Crippen LogP contribution < -0.4 is 11.3 Å². The molecule has 2 unspecified atom stereocenters. The van der Waals surface area contributed by atoms with Gasteiger partial charge in [-0.2, -0.15) is 0 Å². The summed E-state index contributed by atoms with van der Waals surface area (Å²) >= 11 is 3.60. The Bertz CT molecular complexity index is 627. The summed E-state index contributed by atoms with van der Waals surface area (Å²) in [6.45, 7) is 2.09. The van der Waals surface area contributed by atoms with E-state index in [1.165, 1.54) is 22.4 Å². The number of hydrazine groups is 1. The van der Waals surface area contributed by atoms with Gasteiger partial charge < -0.3 is 0 Å². The first-order chi connectivity index (χ1) is 9.70. The maximum Gasteiger partial charge on any atom is 0.0544 e. The molecule has 1 heterocycles. The van der Waals surface area contributed by atoms with Crippen LogP contribution in [0.2, 0.25) is 0 Å². The minimum Gasteiger partial charge on any atom is -0.271 e. The lowest BCUT2D eigenvalue weighted by Gasteiger charge is -2.24. The number of hydrogen-bond acceptors (Lipinski definition) is 3. The van der Waals surface area contributed by atoms with E-state index in [0.717, 1.165) is 17.3 Å². The van der Waals surface area contributed by atoms with Crippen molar-refractivity contribution < 1.29 is 0 Å². The maximum absolute atomic E-state index is 5.84. The number of hydrogen-bond donors (Lipinski definition) is 2. The van der Waals surface area contributed by atoms with Crippen LogP contribution in [-0.4, -0.2) is 4.98 Å². The van der Waals surface area contributed by atoms with Gasteiger partial charge in [0, 0.05) is 22.3 Å². The minimum absolute atomic E-state index is 0.100. The molecule has 0 aliphatic heterocycles. The van der Waals surface area contributed by atoms with E-state index in [2.05, 4.69) is 57.5 Å². The van der Waals surface area contributed by atoms with Crippen molar-refractivity contribution in [3.05, 3.63) is 63.4 Å². The fraction of sp³-hybridized carbons (Fsp3) is 0.312. The number of pyridine rings is 1.